The van der Waals surface area contributed by atoms with Crippen LogP contribution in [0.25, 0.3) is 11.2 Å². The summed E-state index contributed by atoms with van der Waals surface area (Å²) in [7, 11) is 1.86. The molecule has 2 heterocycles. The molecule has 1 aliphatic carbocycles. The van der Waals surface area contributed by atoms with E-state index in [4.69, 9.17) is 24.4 Å². The second kappa shape index (κ2) is 2.99. The number of nitrogens with zero attached hydrogens (tertiary/aromatic N) is 2. The lowest BCUT2D eigenvalue weighted by Gasteiger charge is -1.98. The van der Waals surface area contributed by atoms with Gasteiger partial charge in [0.15, 0.2) is 10.4 Å². The molecule has 1 aliphatic rings. The quantitative estimate of drug-likeness (QED) is 0.751. The third kappa shape index (κ3) is 1.36. The minimum absolute atomic E-state index is 0.596. The number of hydrogen-bond donors (Lipinski definition) is 2. The molecule has 2 N–H and O–H groups in total. The first kappa shape index (κ1) is 9.23. The summed E-state index contributed by atoms with van der Waals surface area (Å²) >= 11 is 10.5. The Morgan fingerprint density at radius 2 is 2.07 bits per heavy atom. The third-order valence-electron chi connectivity index (χ3n) is 2.73. The Bertz CT molecular complexity index is 644. The molecule has 1 saturated carbocycles. The molecule has 0 saturated heterocycles. The van der Waals surface area contributed by atoms with Crippen LogP contribution in [0.1, 0.15) is 24.6 Å². The molecular formula is C9H10N4S2. The lowest BCUT2D eigenvalue weighted by atomic mass is 10.4. The molecule has 0 unspecified atom stereocenters. The molecule has 0 aromatic carbocycles. The first-order valence-corrected chi connectivity index (χ1v) is 5.67. The van der Waals surface area contributed by atoms with Gasteiger partial charge in [-0.2, -0.15) is 0 Å². The van der Waals surface area contributed by atoms with Crippen LogP contribution in [0.3, 0.4) is 0 Å². The highest BCUT2D eigenvalue weighted by Crippen LogP contribution is 2.38. The van der Waals surface area contributed by atoms with E-state index in [-0.39, 0.29) is 0 Å². The van der Waals surface area contributed by atoms with Gasteiger partial charge in [-0.1, -0.05) is 12.2 Å². The molecule has 4 nitrogen and oxygen atoms in total. The topological polar surface area (TPSA) is 49.4 Å². The molecule has 0 atom stereocenters. The van der Waals surface area contributed by atoms with Crippen molar-refractivity contribution in [1.82, 2.24) is 19.5 Å². The van der Waals surface area contributed by atoms with Gasteiger partial charge in [0.1, 0.15) is 16.0 Å². The predicted octanol–water partition coefficient (Wildman–Crippen LogP) is 2.57. The number of fused-ring (bicyclic) bond motifs is 1. The molecule has 2 aromatic rings. The van der Waals surface area contributed by atoms with Crippen molar-refractivity contribution < 1.29 is 0 Å². The highest BCUT2D eigenvalue weighted by Gasteiger charge is 2.27. The summed E-state index contributed by atoms with van der Waals surface area (Å²) in [5.74, 6) is 1.63. The molecule has 0 radical (unpaired) electrons. The Morgan fingerprint density at radius 1 is 1.33 bits per heavy atom. The van der Waals surface area contributed by atoms with Crippen molar-refractivity contribution in [2.24, 2.45) is 7.05 Å². The number of nitrogens with one attached hydrogen (secondary N) is 2. The van der Waals surface area contributed by atoms with E-state index in [2.05, 4.69) is 15.0 Å². The van der Waals surface area contributed by atoms with Crippen molar-refractivity contribution in [3.05, 3.63) is 15.2 Å². The largest absolute Gasteiger partial charge is 0.338 e. The number of rotatable bonds is 1. The summed E-state index contributed by atoms with van der Waals surface area (Å²) in [6.45, 7) is 0. The van der Waals surface area contributed by atoms with Crippen LogP contribution in [-0.2, 0) is 7.05 Å². The Kier molecular flexibility index (Phi) is 1.84. The van der Waals surface area contributed by atoms with Gasteiger partial charge in [-0.15, -0.1) is 0 Å². The average molecular weight is 238 g/mol. The minimum Gasteiger partial charge on any atom is -0.338 e. The summed E-state index contributed by atoms with van der Waals surface area (Å²) in [5, 5.41) is 0. The van der Waals surface area contributed by atoms with Crippen LogP contribution < -0.4 is 0 Å². The summed E-state index contributed by atoms with van der Waals surface area (Å²) in [6, 6.07) is 0. The van der Waals surface area contributed by atoms with E-state index >= 15 is 0 Å². The molecule has 15 heavy (non-hydrogen) atoms. The van der Waals surface area contributed by atoms with Crippen molar-refractivity contribution in [2.75, 3.05) is 0 Å². The minimum atomic E-state index is 0.596. The Balaban J connectivity index is 2.39. The van der Waals surface area contributed by atoms with Gasteiger partial charge in [-0.05, 0) is 25.1 Å². The van der Waals surface area contributed by atoms with Crippen LogP contribution in [0, 0.1) is 9.41 Å². The van der Waals surface area contributed by atoms with Crippen molar-refractivity contribution in [3.63, 3.8) is 0 Å². The fourth-order valence-electron chi connectivity index (χ4n) is 1.63. The number of aromatic amines is 2. The van der Waals surface area contributed by atoms with E-state index < -0.39 is 0 Å². The molecular weight excluding hydrogens is 228 g/mol. The molecule has 0 bridgehead atoms. The maximum atomic E-state index is 5.31. The van der Waals surface area contributed by atoms with E-state index in [1.54, 1.807) is 4.57 Å². The summed E-state index contributed by atoms with van der Waals surface area (Å²) < 4.78 is 3.11. The molecule has 0 aliphatic heterocycles. The second-order valence-corrected chi connectivity index (χ2v) is 4.69. The number of hydrogen-bond acceptors (Lipinski definition) is 3. The van der Waals surface area contributed by atoms with Crippen molar-refractivity contribution in [2.45, 2.75) is 18.8 Å². The lowest BCUT2D eigenvalue weighted by molar-refractivity contribution is 0.843. The molecule has 3 rings (SSSR count). The van der Waals surface area contributed by atoms with Gasteiger partial charge >= 0.3 is 0 Å². The van der Waals surface area contributed by atoms with Crippen molar-refractivity contribution >= 4 is 35.6 Å². The van der Waals surface area contributed by atoms with Crippen molar-refractivity contribution in [3.8, 4) is 0 Å². The standard InChI is InChI=1S/C9H10N4S2/c1-13-8(14)5-7(12-9(13)15)11-6(10-5)4-2-3-4/h4H,2-3H2,1H3,(H,10,11)(H,12,15). The van der Waals surface area contributed by atoms with E-state index in [1.165, 1.54) is 12.8 Å². The zero-order valence-electron chi connectivity index (χ0n) is 8.20. The lowest BCUT2D eigenvalue weighted by Crippen LogP contribution is -1.97. The van der Waals surface area contributed by atoms with E-state index in [0.29, 0.717) is 15.3 Å². The first-order chi connectivity index (χ1) is 7.16. The van der Waals surface area contributed by atoms with E-state index in [1.807, 2.05) is 7.05 Å². The molecule has 78 valence electrons. The fourth-order valence-corrected chi connectivity index (χ4v) is 2.12. The zero-order valence-corrected chi connectivity index (χ0v) is 9.84. The van der Waals surface area contributed by atoms with Gasteiger partial charge in [-0.3, -0.25) is 0 Å². The monoisotopic (exact) mass is 238 g/mol. The van der Waals surface area contributed by atoms with Gasteiger partial charge in [0.25, 0.3) is 0 Å². The normalized spacial score (nSPS) is 16.1. The Labute approximate surface area is 96.4 Å². The highest BCUT2D eigenvalue weighted by molar-refractivity contribution is 7.72. The molecule has 0 spiro atoms. The summed E-state index contributed by atoms with van der Waals surface area (Å²) in [4.78, 5) is 10.8. The van der Waals surface area contributed by atoms with Crippen LogP contribution >= 0.6 is 24.4 Å². The van der Waals surface area contributed by atoms with Gasteiger partial charge in [0, 0.05) is 13.0 Å². The zero-order chi connectivity index (χ0) is 10.6. The SMILES string of the molecule is Cn1c(=S)[nH]c2nc(C3CC3)[nH]c2c1=S. The first-order valence-electron chi connectivity index (χ1n) is 4.86. The van der Waals surface area contributed by atoms with Crippen LogP contribution in [0.4, 0.5) is 0 Å². The second-order valence-electron chi connectivity index (χ2n) is 3.91. The van der Waals surface area contributed by atoms with Gasteiger partial charge in [0.05, 0.1) is 0 Å². The summed E-state index contributed by atoms with van der Waals surface area (Å²) in [5.41, 5.74) is 1.67. The molecule has 2 aromatic heterocycles. The summed E-state index contributed by atoms with van der Waals surface area (Å²) in [6.07, 6.45) is 2.44. The Morgan fingerprint density at radius 3 is 2.73 bits per heavy atom. The van der Waals surface area contributed by atoms with Crippen LogP contribution in [0.15, 0.2) is 0 Å². The molecule has 6 heteroatoms. The predicted molar refractivity (Wildman–Crippen MR) is 63.1 cm³/mol. The highest BCUT2D eigenvalue weighted by atomic mass is 32.1. The number of imidazole rings is 1. The van der Waals surface area contributed by atoms with E-state index in [9.17, 15) is 0 Å². The maximum absolute atomic E-state index is 5.31. The van der Waals surface area contributed by atoms with Gasteiger partial charge in [0.2, 0.25) is 0 Å². The van der Waals surface area contributed by atoms with Gasteiger partial charge in [-0.25, -0.2) is 4.98 Å². The maximum Gasteiger partial charge on any atom is 0.179 e. The average Bonchev–Trinajstić information content (AvgIpc) is 2.97. The molecule has 0 amide bonds. The Hall–Kier alpha value is -1.01. The van der Waals surface area contributed by atoms with Crippen molar-refractivity contribution in [1.29, 1.82) is 0 Å². The van der Waals surface area contributed by atoms with Crippen LogP contribution in [-0.4, -0.2) is 19.5 Å². The number of aromatic nitrogens is 4. The smallest absolute Gasteiger partial charge is 0.179 e. The van der Waals surface area contributed by atoms with E-state index in [0.717, 1.165) is 17.0 Å². The fraction of sp³-hybridized carbons (Fsp3) is 0.444. The van der Waals surface area contributed by atoms with Gasteiger partial charge < -0.3 is 14.5 Å². The van der Waals surface area contributed by atoms with Crippen LogP contribution in [0.2, 0.25) is 0 Å². The third-order valence-corrected chi connectivity index (χ3v) is 3.59. The molecule has 1 fully saturated rings. The van der Waals surface area contributed by atoms with Crippen LogP contribution in [0.5, 0.6) is 0 Å². The number of H-pyrrole nitrogens is 2.